The second-order valence-corrected chi connectivity index (χ2v) is 13.6. The molecule has 0 spiro atoms. The summed E-state index contributed by atoms with van der Waals surface area (Å²) < 4.78 is 30.0. The quantitative estimate of drug-likeness (QED) is 0.286. The predicted molar refractivity (Wildman–Crippen MR) is 170 cm³/mol. The normalized spacial score (nSPS) is 29.6. The first-order valence-corrected chi connectivity index (χ1v) is 16.8. The summed E-state index contributed by atoms with van der Waals surface area (Å²) in [6.45, 7) is 8.03. The third-order valence-electron chi connectivity index (χ3n) is 10.1. The van der Waals surface area contributed by atoms with Gasteiger partial charge in [0.05, 0.1) is 30.5 Å². The van der Waals surface area contributed by atoms with Crippen molar-refractivity contribution >= 4 is 23.7 Å². The molecule has 46 heavy (non-hydrogen) atoms. The number of thioether (sulfide) groups is 1. The van der Waals surface area contributed by atoms with E-state index in [1.165, 1.54) is 18.7 Å². The fraction of sp³-hybridized carbons (Fsp3) is 0.529. The van der Waals surface area contributed by atoms with Gasteiger partial charge in [-0.15, -0.1) is 18.2 Å². The SMILES string of the molecule is C#CC1C2Cc3cc(C)c(OC)c(O)c3C(C3C4SCC(N)C(=O)OCC(c5c6c(c(CC)c(OC(C)=O)c54)OCO6)N13)N2CC. The van der Waals surface area contributed by atoms with E-state index in [1.807, 2.05) is 13.8 Å². The van der Waals surface area contributed by atoms with Crippen LogP contribution in [0.15, 0.2) is 6.07 Å². The number of piperazine rings is 1. The second-order valence-electron chi connectivity index (χ2n) is 12.4. The molecule has 0 amide bonds. The lowest BCUT2D eigenvalue weighted by Crippen LogP contribution is -2.70. The van der Waals surface area contributed by atoms with Crippen molar-refractivity contribution in [1.29, 1.82) is 0 Å². The van der Waals surface area contributed by atoms with E-state index in [1.54, 1.807) is 7.11 Å². The van der Waals surface area contributed by atoms with E-state index < -0.39 is 35.3 Å². The largest absolute Gasteiger partial charge is 0.504 e. The zero-order valence-corrected chi connectivity index (χ0v) is 27.4. The highest BCUT2D eigenvalue weighted by Crippen LogP contribution is 2.64. The van der Waals surface area contributed by atoms with Crippen LogP contribution in [-0.2, 0) is 27.2 Å². The Morgan fingerprint density at radius 1 is 1.20 bits per heavy atom. The van der Waals surface area contributed by atoms with Gasteiger partial charge in [-0.2, -0.15) is 0 Å². The second kappa shape index (κ2) is 11.6. The molecule has 0 aliphatic carbocycles. The average molecular weight is 650 g/mol. The fourth-order valence-corrected chi connectivity index (χ4v) is 9.96. The van der Waals surface area contributed by atoms with Crippen molar-refractivity contribution in [2.75, 3.05) is 32.8 Å². The number of phenols is 1. The van der Waals surface area contributed by atoms with Crippen molar-refractivity contribution in [3.63, 3.8) is 0 Å². The molecule has 5 aliphatic rings. The number of carbonyl (C=O) groups is 2. The van der Waals surface area contributed by atoms with Crippen molar-refractivity contribution < 1.29 is 38.4 Å². The van der Waals surface area contributed by atoms with Gasteiger partial charge in [-0.25, -0.2) is 0 Å². The lowest BCUT2D eigenvalue weighted by atomic mass is 9.71. The van der Waals surface area contributed by atoms with Crippen LogP contribution in [0.2, 0.25) is 0 Å². The highest BCUT2D eigenvalue weighted by Gasteiger charge is 2.60. The lowest BCUT2D eigenvalue weighted by Gasteiger charge is -2.63. The minimum atomic E-state index is -0.866. The Labute approximate surface area is 272 Å². The Bertz CT molecular complexity index is 1670. The molecule has 7 atom stereocenters. The first kappa shape index (κ1) is 31.0. The molecule has 3 N–H and O–H groups in total. The number of aromatic hydroxyl groups is 1. The number of carbonyl (C=O) groups excluding carboxylic acids is 2. The van der Waals surface area contributed by atoms with Crippen LogP contribution in [0.4, 0.5) is 0 Å². The molecule has 5 aliphatic heterocycles. The minimum absolute atomic E-state index is 0.00470. The summed E-state index contributed by atoms with van der Waals surface area (Å²) >= 11 is 1.50. The summed E-state index contributed by atoms with van der Waals surface area (Å²) in [4.78, 5) is 30.5. The molecular formula is C34H39N3O8S. The smallest absolute Gasteiger partial charge is 0.323 e. The maximum atomic E-state index is 13.1. The Morgan fingerprint density at radius 2 is 1.96 bits per heavy atom. The van der Waals surface area contributed by atoms with Crippen LogP contribution in [0.5, 0.6) is 28.7 Å². The topological polar surface area (TPSA) is 133 Å². The van der Waals surface area contributed by atoms with Gasteiger partial charge in [-0.3, -0.25) is 19.4 Å². The number of nitrogens with zero attached hydrogens (tertiary/aromatic N) is 2. The molecule has 244 valence electrons. The third-order valence-corrected chi connectivity index (χ3v) is 11.6. The summed E-state index contributed by atoms with van der Waals surface area (Å²) in [5.74, 6) is 4.47. The van der Waals surface area contributed by atoms with Crippen LogP contribution in [0.1, 0.15) is 71.5 Å². The summed E-state index contributed by atoms with van der Waals surface area (Å²) in [5, 5.41) is 11.5. The molecule has 2 aromatic rings. The standard InChI is InChI=1S/C34H39N3O8S/c1-7-18-30(45-16(5)38)25-24(32-31(18)43-14-44-32)22-12-42-34(40)19(35)13-46-33(25)27-26-23-17(10-15(4)29(41-6)28(23)39)11-21(36(26)9-3)20(8-2)37(22)27/h2,10,19-22,26-27,33,39H,7,9,11-14,35H2,1,3-6H3. The van der Waals surface area contributed by atoms with Gasteiger partial charge in [0.15, 0.2) is 23.0 Å². The van der Waals surface area contributed by atoms with Crippen molar-refractivity contribution in [3.8, 4) is 41.1 Å². The van der Waals surface area contributed by atoms with E-state index in [9.17, 15) is 14.7 Å². The number of benzene rings is 2. The van der Waals surface area contributed by atoms with Gasteiger partial charge in [0.2, 0.25) is 6.79 Å². The van der Waals surface area contributed by atoms with E-state index in [0.29, 0.717) is 42.4 Å². The number of nitrogens with two attached hydrogens (primary N) is 1. The number of aryl methyl sites for hydroxylation is 1. The summed E-state index contributed by atoms with van der Waals surface area (Å²) in [6, 6.07) is -0.539. The monoisotopic (exact) mass is 649 g/mol. The van der Waals surface area contributed by atoms with Gasteiger partial charge in [0.25, 0.3) is 0 Å². The number of methoxy groups -OCH3 is 1. The van der Waals surface area contributed by atoms with Gasteiger partial charge in [0, 0.05) is 47.0 Å². The van der Waals surface area contributed by atoms with E-state index >= 15 is 0 Å². The van der Waals surface area contributed by atoms with E-state index in [2.05, 4.69) is 28.7 Å². The molecule has 7 unspecified atom stereocenters. The molecule has 7 rings (SSSR count). The number of likely N-dealkylation sites (N-methyl/N-ethyl adjacent to an activating group) is 1. The number of hydrogen-bond acceptors (Lipinski definition) is 12. The van der Waals surface area contributed by atoms with E-state index in [-0.39, 0.29) is 43.0 Å². The van der Waals surface area contributed by atoms with Gasteiger partial charge in [-0.05, 0) is 37.4 Å². The Morgan fingerprint density at radius 3 is 2.63 bits per heavy atom. The number of rotatable bonds is 4. The number of hydrogen-bond donors (Lipinski definition) is 2. The van der Waals surface area contributed by atoms with Gasteiger partial charge >= 0.3 is 11.9 Å². The van der Waals surface area contributed by atoms with Crippen molar-refractivity contribution in [2.45, 2.75) is 82.0 Å². The Hall–Kier alpha value is -3.63. The predicted octanol–water partition coefficient (Wildman–Crippen LogP) is 3.31. The summed E-state index contributed by atoms with van der Waals surface area (Å²) in [6.07, 6.45) is 7.59. The maximum Gasteiger partial charge on any atom is 0.323 e. The fourth-order valence-electron chi connectivity index (χ4n) is 8.52. The molecule has 0 saturated carbocycles. The molecule has 5 heterocycles. The molecule has 2 saturated heterocycles. The Balaban J connectivity index is 1.58. The van der Waals surface area contributed by atoms with E-state index in [4.69, 9.17) is 35.8 Å². The minimum Gasteiger partial charge on any atom is -0.504 e. The highest BCUT2D eigenvalue weighted by molar-refractivity contribution is 7.99. The van der Waals surface area contributed by atoms with Crippen LogP contribution in [0.3, 0.4) is 0 Å². The number of phenolic OH excluding ortho intramolecular Hbond substituents is 1. The molecule has 11 nitrogen and oxygen atoms in total. The third kappa shape index (κ3) is 4.32. The van der Waals surface area contributed by atoms with Crippen molar-refractivity contribution in [1.82, 2.24) is 9.80 Å². The van der Waals surface area contributed by atoms with Crippen molar-refractivity contribution in [2.24, 2.45) is 5.73 Å². The molecule has 4 bridgehead atoms. The Kier molecular flexibility index (Phi) is 7.79. The number of cyclic esters (lactones) is 1. The molecule has 0 aromatic heterocycles. The zero-order valence-electron chi connectivity index (χ0n) is 26.6. The van der Waals surface area contributed by atoms with Crippen LogP contribution in [0, 0.1) is 19.3 Å². The highest BCUT2D eigenvalue weighted by atomic mass is 32.2. The number of esters is 2. The number of terminal acetylenes is 1. The number of ether oxygens (including phenoxy) is 5. The van der Waals surface area contributed by atoms with Gasteiger partial charge in [-0.1, -0.05) is 25.8 Å². The first-order chi connectivity index (χ1) is 22.2. The molecule has 0 radical (unpaired) electrons. The molecule has 12 heteroatoms. The lowest BCUT2D eigenvalue weighted by molar-refractivity contribution is -0.150. The van der Waals surface area contributed by atoms with E-state index in [0.717, 1.165) is 33.4 Å². The van der Waals surface area contributed by atoms with Crippen LogP contribution < -0.4 is 24.7 Å². The summed E-state index contributed by atoms with van der Waals surface area (Å²) in [7, 11) is 1.56. The maximum absolute atomic E-state index is 13.1. The number of fused-ring (bicyclic) bond motifs is 9. The molecule has 2 fully saturated rings. The van der Waals surface area contributed by atoms with Crippen molar-refractivity contribution in [3.05, 3.63) is 39.4 Å². The summed E-state index contributed by atoms with van der Waals surface area (Å²) in [5.41, 5.74) is 11.3. The van der Waals surface area contributed by atoms with Crippen LogP contribution >= 0.6 is 11.8 Å². The molecular weight excluding hydrogens is 610 g/mol. The van der Waals surface area contributed by atoms with Gasteiger partial charge in [0.1, 0.15) is 18.4 Å². The zero-order chi connectivity index (χ0) is 32.6. The van der Waals surface area contributed by atoms with Gasteiger partial charge < -0.3 is 34.5 Å². The van der Waals surface area contributed by atoms with Crippen LogP contribution in [0.25, 0.3) is 0 Å². The first-order valence-electron chi connectivity index (χ1n) is 15.8. The molecule has 2 aromatic carbocycles. The van der Waals surface area contributed by atoms with Crippen LogP contribution in [-0.4, -0.2) is 83.8 Å². The average Bonchev–Trinajstić information content (AvgIpc) is 3.51.